The lowest BCUT2D eigenvalue weighted by molar-refractivity contribution is 0.0281. The number of aromatic nitrogens is 3. The van der Waals surface area contributed by atoms with Crippen molar-refractivity contribution in [3.63, 3.8) is 0 Å². The lowest BCUT2D eigenvalue weighted by atomic mass is 9.54. The van der Waals surface area contributed by atoms with Gasteiger partial charge in [-0.1, -0.05) is 15.9 Å². The van der Waals surface area contributed by atoms with Gasteiger partial charge < -0.3 is 10.3 Å². The van der Waals surface area contributed by atoms with Gasteiger partial charge in [-0.25, -0.2) is 9.97 Å². The molecule has 2 aromatic rings. The smallest absolute Gasteiger partial charge is 0.159 e. The quantitative estimate of drug-likeness (QED) is 0.790. The van der Waals surface area contributed by atoms with Gasteiger partial charge in [0.05, 0.1) is 17.6 Å². The number of aromatic amines is 1. The monoisotopic (exact) mass is 371 g/mol. The number of anilines is 1. The molecule has 4 aliphatic rings. The molecule has 5 atom stereocenters. The van der Waals surface area contributed by atoms with Crippen molar-refractivity contribution in [2.75, 3.05) is 5.32 Å². The summed E-state index contributed by atoms with van der Waals surface area (Å²) in [5.41, 5.74) is 2.98. The molecule has 0 aliphatic heterocycles. The van der Waals surface area contributed by atoms with Crippen molar-refractivity contribution in [2.24, 2.45) is 17.8 Å². The van der Waals surface area contributed by atoms with Gasteiger partial charge in [0.15, 0.2) is 5.65 Å². The number of imidazole rings is 1. The Kier molecular flexibility index (Phi) is 2.82. The SMILES string of the molecule is N#Cc1cnc2[nH]cnc2c1N[C@@H]1[C@@H]2CC3C[C@H]1C[C@](Br)(C3)C2. The Morgan fingerprint density at radius 1 is 1.26 bits per heavy atom. The molecule has 4 saturated carbocycles. The fraction of sp³-hybridized carbons (Fsp3) is 0.588. The van der Waals surface area contributed by atoms with Gasteiger partial charge in [-0.2, -0.15) is 5.26 Å². The van der Waals surface area contributed by atoms with Crippen molar-refractivity contribution >= 4 is 32.8 Å². The molecule has 4 aliphatic carbocycles. The zero-order valence-electron chi connectivity index (χ0n) is 12.7. The average Bonchev–Trinajstić information content (AvgIpc) is 2.98. The van der Waals surface area contributed by atoms with Crippen LogP contribution in [0.5, 0.6) is 0 Å². The zero-order chi connectivity index (χ0) is 15.6. The lowest BCUT2D eigenvalue weighted by Gasteiger charge is -2.58. The van der Waals surface area contributed by atoms with Gasteiger partial charge in [-0.05, 0) is 49.9 Å². The summed E-state index contributed by atoms with van der Waals surface area (Å²) in [4.78, 5) is 11.7. The molecule has 4 fully saturated rings. The largest absolute Gasteiger partial charge is 0.379 e. The van der Waals surface area contributed by atoms with Crippen LogP contribution in [-0.4, -0.2) is 25.3 Å². The second-order valence-corrected chi connectivity index (χ2v) is 9.23. The van der Waals surface area contributed by atoms with E-state index in [2.05, 4.69) is 42.3 Å². The maximum Gasteiger partial charge on any atom is 0.159 e. The summed E-state index contributed by atoms with van der Waals surface area (Å²) in [5, 5.41) is 13.2. The number of nitrogens with one attached hydrogen (secondary N) is 2. The number of nitriles is 1. The minimum absolute atomic E-state index is 0.375. The Morgan fingerprint density at radius 3 is 2.74 bits per heavy atom. The highest BCUT2D eigenvalue weighted by molar-refractivity contribution is 9.10. The highest BCUT2D eigenvalue weighted by Crippen LogP contribution is 2.59. The third-order valence-corrected chi connectivity index (χ3v) is 7.05. The molecule has 5 nitrogen and oxygen atoms in total. The van der Waals surface area contributed by atoms with E-state index in [0.29, 0.717) is 27.8 Å². The van der Waals surface area contributed by atoms with Gasteiger partial charge in [0.25, 0.3) is 0 Å². The van der Waals surface area contributed by atoms with Crippen LogP contribution in [0.15, 0.2) is 12.5 Å². The van der Waals surface area contributed by atoms with Crippen LogP contribution < -0.4 is 5.32 Å². The van der Waals surface area contributed by atoms with Crippen molar-refractivity contribution < 1.29 is 0 Å². The van der Waals surface area contributed by atoms with Crippen molar-refractivity contribution in [1.29, 1.82) is 5.26 Å². The van der Waals surface area contributed by atoms with E-state index < -0.39 is 0 Å². The summed E-state index contributed by atoms with van der Waals surface area (Å²) in [5.74, 6) is 2.26. The molecule has 0 radical (unpaired) electrons. The van der Waals surface area contributed by atoms with E-state index in [1.54, 1.807) is 12.5 Å². The van der Waals surface area contributed by atoms with E-state index in [-0.39, 0.29) is 0 Å². The summed E-state index contributed by atoms with van der Waals surface area (Å²) in [6.45, 7) is 0. The summed E-state index contributed by atoms with van der Waals surface area (Å²) < 4.78 is 0.375. The standard InChI is InChI=1S/C17H18BrN5/c18-17-3-9-1-10(4-17)13(11(2-9)5-17)23-14-12(6-19)7-20-16-15(14)21-8-22-16/h7-11,13H,1-5H2,(H2,20,21,22,23)/t9?,10-,11+,13-,17+. The number of pyridine rings is 1. The highest BCUT2D eigenvalue weighted by Gasteiger charge is 2.54. The Hall–Kier alpha value is -1.61. The summed E-state index contributed by atoms with van der Waals surface area (Å²) in [6, 6.07) is 2.72. The molecule has 6 heteroatoms. The molecule has 0 saturated heterocycles. The summed E-state index contributed by atoms with van der Waals surface area (Å²) in [6.07, 6.45) is 9.76. The molecule has 23 heavy (non-hydrogen) atoms. The third-order valence-electron chi connectivity index (χ3n) is 6.08. The number of H-pyrrole nitrogens is 1. The first-order chi connectivity index (χ1) is 11.1. The molecule has 6 rings (SSSR count). The van der Waals surface area contributed by atoms with Crippen molar-refractivity contribution in [3.05, 3.63) is 18.1 Å². The molecule has 2 N–H and O–H groups in total. The number of fused-ring (bicyclic) bond motifs is 1. The molecule has 0 spiro atoms. The first kappa shape index (κ1) is 13.8. The van der Waals surface area contributed by atoms with E-state index in [1.165, 1.54) is 32.1 Å². The molecular formula is C17H18BrN5. The Morgan fingerprint density at radius 2 is 2.04 bits per heavy atom. The van der Waals surface area contributed by atoms with Crippen molar-refractivity contribution in [2.45, 2.75) is 42.5 Å². The van der Waals surface area contributed by atoms with Crippen molar-refractivity contribution in [1.82, 2.24) is 15.0 Å². The van der Waals surface area contributed by atoms with Gasteiger partial charge in [-0.15, -0.1) is 0 Å². The molecule has 0 aromatic carbocycles. The van der Waals surface area contributed by atoms with Gasteiger partial charge in [-0.3, -0.25) is 0 Å². The molecule has 2 heterocycles. The van der Waals surface area contributed by atoms with E-state index >= 15 is 0 Å². The number of alkyl halides is 1. The van der Waals surface area contributed by atoms with Gasteiger partial charge in [0.2, 0.25) is 0 Å². The average molecular weight is 372 g/mol. The predicted octanol–water partition coefficient (Wildman–Crippen LogP) is 3.58. The first-order valence-corrected chi connectivity index (χ1v) is 9.12. The molecular weight excluding hydrogens is 354 g/mol. The zero-order valence-corrected chi connectivity index (χ0v) is 14.3. The van der Waals surface area contributed by atoms with Crippen LogP contribution in [0.1, 0.15) is 37.7 Å². The molecule has 0 amide bonds. The number of rotatable bonds is 2. The number of halogens is 1. The fourth-order valence-corrected chi connectivity index (χ4v) is 6.74. The van der Waals surface area contributed by atoms with Crippen LogP contribution in [0.2, 0.25) is 0 Å². The molecule has 2 aromatic heterocycles. The predicted molar refractivity (Wildman–Crippen MR) is 91.2 cm³/mol. The Labute approximate surface area is 143 Å². The number of hydrogen-bond acceptors (Lipinski definition) is 4. The molecule has 4 bridgehead atoms. The summed E-state index contributed by atoms with van der Waals surface area (Å²) >= 11 is 4.02. The Bertz CT molecular complexity index is 806. The second kappa shape index (κ2) is 4.70. The van der Waals surface area contributed by atoms with E-state index in [0.717, 1.165) is 22.8 Å². The van der Waals surface area contributed by atoms with Crippen LogP contribution in [0.3, 0.4) is 0 Å². The van der Waals surface area contributed by atoms with Gasteiger partial charge >= 0.3 is 0 Å². The van der Waals surface area contributed by atoms with Crippen LogP contribution in [0.4, 0.5) is 5.69 Å². The van der Waals surface area contributed by atoms with Crippen LogP contribution in [0.25, 0.3) is 11.2 Å². The minimum atomic E-state index is 0.375. The fourth-order valence-electron chi connectivity index (χ4n) is 5.45. The van der Waals surface area contributed by atoms with E-state index in [1.807, 2.05) is 0 Å². The second-order valence-electron chi connectivity index (χ2n) is 7.55. The topological polar surface area (TPSA) is 77.4 Å². The summed E-state index contributed by atoms with van der Waals surface area (Å²) in [7, 11) is 0. The maximum absolute atomic E-state index is 9.46. The lowest BCUT2D eigenvalue weighted by Crippen LogP contribution is -2.56. The first-order valence-electron chi connectivity index (χ1n) is 8.33. The highest BCUT2D eigenvalue weighted by atomic mass is 79.9. The number of nitrogens with zero attached hydrogens (tertiary/aromatic N) is 3. The van der Waals surface area contributed by atoms with E-state index in [4.69, 9.17) is 0 Å². The van der Waals surface area contributed by atoms with Crippen LogP contribution >= 0.6 is 15.9 Å². The minimum Gasteiger partial charge on any atom is -0.379 e. The van der Waals surface area contributed by atoms with E-state index in [9.17, 15) is 5.26 Å². The van der Waals surface area contributed by atoms with Crippen molar-refractivity contribution in [3.8, 4) is 6.07 Å². The third kappa shape index (κ3) is 2.02. The molecule has 1 unspecified atom stereocenters. The molecule has 118 valence electrons. The van der Waals surface area contributed by atoms with Crippen LogP contribution in [-0.2, 0) is 0 Å². The number of hydrogen-bond donors (Lipinski definition) is 2. The normalized spacial score (nSPS) is 37.9. The van der Waals surface area contributed by atoms with Crippen LogP contribution in [0, 0.1) is 29.1 Å². The maximum atomic E-state index is 9.46. The van der Waals surface area contributed by atoms with Gasteiger partial charge in [0.1, 0.15) is 11.6 Å². The van der Waals surface area contributed by atoms with Gasteiger partial charge in [0, 0.05) is 16.6 Å². The Balaban J connectivity index is 1.53.